The first-order valence-corrected chi connectivity index (χ1v) is 22.3. The summed E-state index contributed by atoms with van der Waals surface area (Å²) < 4.78 is 47.4. The number of carboxylic acids is 2. The van der Waals surface area contributed by atoms with Gasteiger partial charge in [0, 0.05) is 78.5 Å². The molecule has 0 bridgehead atoms. The lowest BCUT2D eigenvalue weighted by atomic mass is 10.2. The molecule has 2 N–H and O–H groups in total. The van der Waals surface area contributed by atoms with Crippen molar-refractivity contribution >= 4 is 11.9 Å². The Morgan fingerprint density at radius 3 is 0.812 bits per heavy atom. The van der Waals surface area contributed by atoms with Crippen molar-refractivity contribution in [2.75, 3.05) is 158 Å². The Labute approximate surface area is 376 Å². The molecule has 2 saturated heterocycles. The highest BCUT2D eigenvalue weighted by Gasteiger charge is 2.15. The molecule has 354 valence electrons. The van der Waals surface area contributed by atoms with Crippen molar-refractivity contribution in [1.82, 2.24) is 34.6 Å². The van der Waals surface area contributed by atoms with Crippen LogP contribution in [0.3, 0.4) is 0 Å². The number of hydrogen-bond acceptors (Lipinski definition) is 17. The van der Waals surface area contributed by atoms with Crippen molar-refractivity contribution in [1.29, 1.82) is 0 Å². The van der Waals surface area contributed by atoms with E-state index in [1.807, 2.05) is 12.1 Å². The zero-order chi connectivity index (χ0) is 44.9. The summed E-state index contributed by atoms with van der Waals surface area (Å²) in [5, 5.41) is 18.7. The number of hydrogen-bond donors (Lipinski definition) is 2. The maximum Gasteiger partial charge on any atom is 0.354 e. The molecule has 2 aliphatic heterocycles. The molecular weight excluding hydrogens is 831 g/mol. The second-order valence-electron chi connectivity index (χ2n) is 15.3. The van der Waals surface area contributed by atoms with E-state index in [4.69, 9.17) is 42.9 Å². The topological polar surface area (TPSA) is 200 Å². The van der Waals surface area contributed by atoms with Gasteiger partial charge in [0.1, 0.15) is 11.4 Å². The predicted molar refractivity (Wildman–Crippen MR) is 234 cm³/mol. The van der Waals surface area contributed by atoms with Crippen molar-refractivity contribution in [2.45, 2.75) is 26.2 Å². The van der Waals surface area contributed by atoms with E-state index in [2.05, 4.69) is 47.8 Å². The van der Waals surface area contributed by atoms with Crippen LogP contribution in [0, 0.1) is 0 Å². The summed E-state index contributed by atoms with van der Waals surface area (Å²) in [4.78, 5) is 45.3. The summed E-state index contributed by atoms with van der Waals surface area (Å²) in [6.45, 7) is 15.5. The highest BCUT2D eigenvalue weighted by Crippen LogP contribution is 2.10. The fourth-order valence-corrected chi connectivity index (χ4v) is 6.91. The van der Waals surface area contributed by atoms with E-state index < -0.39 is 11.9 Å². The molecule has 19 nitrogen and oxygen atoms in total. The largest absolute Gasteiger partial charge is 0.477 e. The quantitative estimate of drug-likeness (QED) is 0.299. The van der Waals surface area contributed by atoms with Crippen LogP contribution in [-0.4, -0.2) is 215 Å². The first-order valence-electron chi connectivity index (χ1n) is 22.3. The molecule has 0 unspecified atom stereocenters. The minimum absolute atomic E-state index is 0.0271. The molecule has 0 aromatic carbocycles. The number of pyridine rings is 3. The lowest BCUT2D eigenvalue weighted by molar-refractivity contribution is 0.00564. The van der Waals surface area contributed by atoms with Crippen LogP contribution in [0.2, 0.25) is 0 Å². The standard InChI is InChI=1S/C45H67N7O12/c53-44(54)42-8-2-6-40(47-42)36-51-14-22-61-30-26-57-18-10-49(11-19-58-27-31-62-23-15-51)34-38-4-1-5-39(46-38)35-50-12-20-59-28-32-63-24-16-52(17-25-64-33-29-60-21-13-50)37-41-7-3-9-43(48-41)45(55)56/h1-9H,10-37H2,(H,53,54)(H,55,56). The number of aromatic carboxylic acids is 2. The van der Waals surface area contributed by atoms with Crippen LogP contribution in [0.15, 0.2) is 54.6 Å². The molecule has 64 heavy (non-hydrogen) atoms. The Kier molecular flexibility index (Phi) is 24.6. The van der Waals surface area contributed by atoms with Crippen LogP contribution < -0.4 is 0 Å². The van der Waals surface area contributed by atoms with E-state index in [9.17, 15) is 19.8 Å². The van der Waals surface area contributed by atoms with Crippen LogP contribution in [0.25, 0.3) is 0 Å². The first kappa shape index (κ1) is 50.9. The van der Waals surface area contributed by atoms with Gasteiger partial charge in [-0.1, -0.05) is 18.2 Å². The summed E-state index contributed by atoms with van der Waals surface area (Å²) in [5.74, 6) is -2.09. The highest BCUT2D eigenvalue weighted by molar-refractivity contribution is 5.85. The lowest BCUT2D eigenvalue weighted by Crippen LogP contribution is -2.33. The molecule has 5 heterocycles. The van der Waals surface area contributed by atoms with E-state index >= 15 is 0 Å². The molecule has 0 spiro atoms. The molecule has 0 aliphatic carbocycles. The highest BCUT2D eigenvalue weighted by atomic mass is 16.5. The van der Waals surface area contributed by atoms with Gasteiger partial charge in [0.15, 0.2) is 0 Å². The third kappa shape index (κ3) is 21.3. The monoisotopic (exact) mass is 897 g/mol. The minimum atomic E-state index is -1.05. The third-order valence-electron chi connectivity index (χ3n) is 10.4. The number of ether oxygens (including phenoxy) is 8. The normalized spacial score (nSPS) is 20.0. The molecule has 0 atom stereocenters. The third-order valence-corrected chi connectivity index (χ3v) is 10.4. The smallest absolute Gasteiger partial charge is 0.354 e. The molecule has 2 fully saturated rings. The van der Waals surface area contributed by atoms with Crippen LogP contribution in [0.5, 0.6) is 0 Å². The van der Waals surface area contributed by atoms with Crippen LogP contribution >= 0.6 is 0 Å². The van der Waals surface area contributed by atoms with Crippen molar-refractivity contribution in [3.8, 4) is 0 Å². The molecule has 0 saturated carbocycles. The molecule has 0 amide bonds. The lowest BCUT2D eigenvalue weighted by Gasteiger charge is -2.24. The molecule has 5 rings (SSSR count). The Hall–Kier alpha value is -4.09. The van der Waals surface area contributed by atoms with E-state index in [-0.39, 0.29) is 11.4 Å². The predicted octanol–water partition coefficient (Wildman–Crippen LogP) is 2.04. The van der Waals surface area contributed by atoms with E-state index in [1.54, 1.807) is 12.1 Å². The number of carboxylic acid groups (broad SMARTS) is 2. The van der Waals surface area contributed by atoms with Gasteiger partial charge in [-0.3, -0.25) is 24.6 Å². The fourth-order valence-electron chi connectivity index (χ4n) is 6.91. The van der Waals surface area contributed by atoms with Crippen LogP contribution in [-0.2, 0) is 64.1 Å². The summed E-state index contributed by atoms with van der Waals surface area (Å²) in [6.07, 6.45) is 0. The Bertz CT molecular complexity index is 1600. The molecule has 2 aliphatic rings. The Morgan fingerprint density at radius 1 is 0.359 bits per heavy atom. The van der Waals surface area contributed by atoms with Gasteiger partial charge in [0.25, 0.3) is 0 Å². The van der Waals surface area contributed by atoms with Gasteiger partial charge in [-0.15, -0.1) is 0 Å². The average Bonchev–Trinajstić information content (AvgIpc) is 3.29. The van der Waals surface area contributed by atoms with Crippen molar-refractivity contribution in [2.24, 2.45) is 0 Å². The fraction of sp³-hybridized carbons (Fsp3) is 0.622. The van der Waals surface area contributed by atoms with Gasteiger partial charge in [-0.25, -0.2) is 19.6 Å². The molecule has 3 aromatic heterocycles. The van der Waals surface area contributed by atoms with E-state index in [0.29, 0.717) is 196 Å². The van der Waals surface area contributed by atoms with Gasteiger partial charge < -0.3 is 48.1 Å². The van der Waals surface area contributed by atoms with E-state index in [1.165, 1.54) is 12.1 Å². The number of aromatic nitrogens is 3. The zero-order valence-electron chi connectivity index (χ0n) is 37.1. The molecule has 3 aromatic rings. The maximum absolute atomic E-state index is 11.4. The first-order chi connectivity index (χ1) is 31.4. The zero-order valence-corrected chi connectivity index (χ0v) is 37.1. The summed E-state index contributed by atoms with van der Waals surface area (Å²) >= 11 is 0. The SMILES string of the molecule is O=C(O)c1cccc(CN2CCOCCOCCN(Cc3cccc(CN4CCOCCOCCN(Cc5cccc(C(=O)O)n5)CCOCCOCC4)n3)CCOCCOCC2)n1. The van der Waals surface area contributed by atoms with Gasteiger partial charge >= 0.3 is 11.9 Å². The minimum Gasteiger partial charge on any atom is -0.477 e. The van der Waals surface area contributed by atoms with Gasteiger partial charge in [0.2, 0.25) is 0 Å². The van der Waals surface area contributed by atoms with Crippen molar-refractivity contribution < 1.29 is 57.7 Å². The van der Waals surface area contributed by atoms with Crippen LogP contribution in [0.4, 0.5) is 0 Å². The maximum atomic E-state index is 11.4. The summed E-state index contributed by atoms with van der Waals surface area (Å²) in [7, 11) is 0. The Morgan fingerprint density at radius 2 is 0.578 bits per heavy atom. The van der Waals surface area contributed by atoms with Crippen molar-refractivity contribution in [3.63, 3.8) is 0 Å². The van der Waals surface area contributed by atoms with E-state index in [0.717, 1.165) is 11.4 Å². The summed E-state index contributed by atoms with van der Waals surface area (Å²) in [6, 6.07) is 16.2. The molecule has 19 heteroatoms. The number of carbonyl (C=O) groups is 2. The Balaban J connectivity index is 1.04. The van der Waals surface area contributed by atoms with Crippen LogP contribution in [0.1, 0.15) is 43.8 Å². The number of nitrogens with zero attached hydrogens (tertiary/aromatic N) is 7. The van der Waals surface area contributed by atoms with Gasteiger partial charge in [-0.05, 0) is 36.4 Å². The molecule has 0 radical (unpaired) electrons. The second-order valence-corrected chi connectivity index (χ2v) is 15.3. The second kappa shape index (κ2) is 30.9. The van der Waals surface area contributed by atoms with Gasteiger partial charge in [0.05, 0.1) is 128 Å². The van der Waals surface area contributed by atoms with Crippen molar-refractivity contribution in [3.05, 3.63) is 88.8 Å². The number of rotatable bonds is 10. The van der Waals surface area contributed by atoms with Gasteiger partial charge in [-0.2, -0.15) is 0 Å². The average molecular weight is 898 g/mol. The summed E-state index contributed by atoms with van der Waals surface area (Å²) in [5.41, 5.74) is 3.35. The molecular formula is C45H67N7O12.